The van der Waals surface area contributed by atoms with Gasteiger partial charge in [-0.15, -0.1) is 11.3 Å². The van der Waals surface area contributed by atoms with Gasteiger partial charge in [0.2, 0.25) is 11.8 Å². The molecule has 0 spiro atoms. The van der Waals surface area contributed by atoms with Crippen molar-refractivity contribution in [2.75, 3.05) is 6.54 Å². The number of carbonyl (C=O) groups is 2. The highest BCUT2D eigenvalue weighted by atomic mass is 32.1. The van der Waals surface area contributed by atoms with E-state index in [0.717, 1.165) is 27.3 Å². The summed E-state index contributed by atoms with van der Waals surface area (Å²) in [5, 5.41) is 34.9. The fourth-order valence-corrected chi connectivity index (χ4v) is 6.46. The van der Waals surface area contributed by atoms with Gasteiger partial charge in [-0.2, -0.15) is 0 Å². The van der Waals surface area contributed by atoms with Gasteiger partial charge in [-0.1, -0.05) is 50.2 Å². The molecule has 39 heavy (non-hydrogen) atoms. The Morgan fingerprint density at radius 2 is 1.95 bits per heavy atom. The van der Waals surface area contributed by atoms with Crippen LogP contribution in [-0.2, 0) is 22.7 Å². The SMILES string of the molecule is Cc1ncsc1-c1ccc(CNC(=O)[C@@H]2C[C@@H](O)CN2C(=O)[C@H](C(C)C)N2Cc3ccccc3C2O)c(O)c1. The maximum atomic E-state index is 13.9. The highest BCUT2D eigenvalue weighted by Gasteiger charge is 2.46. The number of amides is 2. The van der Waals surface area contributed by atoms with Crippen molar-refractivity contribution in [3.05, 3.63) is 70.4 Å². The number of nitrogens with one attached hydrogen (secondary N) is 1. The molecule has 9 nitrogen and oxygen atoms in total. The number of nitrogens with zero attached hydrogens (tertiary/aromatic N) is 3. The van der Waals surface area contributed by atoms with Gasteiger partial charge in [0.05, 0.1) is 28.2 Å². The third kappa shape index (κ3) is 5.29. The Kier molecular flexibility index (Phi) is 7.73. The first-order chi connectivity index (χ1) is 18.7. The van der Waals surface area contributed by atoms with Crippen molar-refractivity contribution in [3.8, 4) is 16.2 Å². The summed E-state index contributed by atoms with van der Waals surface area (Å²) in [6.45, 7) is 6.29. The second-order valence-electron chi connectivity index (χ2n) is 10.7. The van der Waals surface area contributed by atoms with Crippen LogP contribution >= 0.6 is 11.3 Å². The molecule has 10 heteroatoms. The standard InChI is InChI=1S/C29H34N4O5S/c1-16(2)25(33-13-20-6-4-5-7-22(20)28(33)37)29(38)32-14-21(34)11-23(32)27(36)30-12-19-9-8-18(10-24(19)35)26-17(3)31-15-39-26/h4-10,15-16,21,23,25,28,34-35,37H,11-14H2,1-3H3,(H,30,36)/t21-,23+,25+,28?/m1/s1. The Bertz CT molecular complexity index is 1380. The van der Waals surface area contributed by atoms with Gasteiger partial charge in [0.15, 0.2) is 0 Å². The Hall–Kier alpha value is -3.31. The number of aromatic nitrogens is 1. The van der Waals surface area contributed by atoms with E-state index in [-0.39, 0.29) is 37.1 Å². The number of rotatable bonds is 7. The first kappa shape index (κ1) is 27.3. The maximum Gasteiger partial charge on any atom is 0.243 e. The number of phenols is 1. The summed E-state index contributed by atoms with van der Waals surface area (Å²) < 4.78 is 0. The molecule has 1 fully saturated rings. The van der Waals surface area contributed by atoms with E-state index in [1.165, 1.54) is 16.2 Å². The number of phenolic OH excluding ortho intramolecular Hbond substituents is 1. The van der Waals surface area contributed by atoms with E-state index in [2.05, 4.69) is 10.3 Å². The molecule has 3 aromatic rings. The molecular weight excluding hydrogens is 516 g/mol. The zero-order chi connectivity index (χ0) is 27.8. The Morgan fingerprint density at radius 3 is 2.62 bits per heavy atom. The number of carbonyl (C=O) groups excluding carboxylic acids is 2. The van der Waals surface area contributed by atoms with E-state index in [1.807, 2.05) is 51.1 Å². The monoisotopic (exact) mass is 550 g/mol. The van der Waals surface area contributed by atoms with E-state index in [4.69, 9.17) is 0 Å². The van der Waals surface area contributed by atoms with Crippen LogP contribution in [0.5, 0.6) is 5.75 Å². The van der Waals surface area contributed by atoms with Crippen LogP contribution in [0.1, 0.15) is 48.9 Å². The number of thiazole rings is 1. The molecule has 0 aliphatic carbocycles. The summed E-state index contributed by atoms with van der Waals surface area (Å²) in [6, 6.07) is 11.3. The smallest absolute Gasteiger partial charge is 0.243 e. The summed E-state index contributed by atoms with van der Waals surface area (Å²) >= 11 is 1.49. The number of aliphatic hydroxyl groups is 2. The minimum atomic E-state index is -0.919. The van der Waals surface area contributed by atoms with Crippen molar-refractivity contribution in [2.45, 2.75) is 64.7 Å². The lowest BCUT2D eigenvalue weighted by Gasteiger charge is -2.36. The lowest BCUT2D eigenvalue weighted by Crippen LogP contribution is -2.54. The molecular formula is C29H34N4O5S. The summed E-state index contributed by atoms with van der Waals surface area (Å²) in [5.74, 6) is -0.766. The third-order valence-corrected chi connectivity index (χ3v) is 8.63. The van der Waals surface area contributed by atoms with Crippen molar-refractivity contribution < 1.29 is 24.9 Å². The molecule has 2 aliphatic heterocycles. The molecule has 1 saturated heterocycles. The summed E-state index contributed by atoms with van der Waals surface area (Å²) in [5.41, 5.74) is 5.79. The number of aromatic hydroxyl groups is 1. The van der Waals surface area contributed by atoms with E-state index in [9.17, 15) is 24.9 Å². The number of benzene rings is 2. The van der Waals surface area contributed by atoms with Gasteiger partial charge in [-0.05, 0) is 35.6 Å². The Morgan fingerprint density at radius 1 is 1.18 bits per heavy atom. The number of aryl methyl sites for hydroxylation is 1. The largest absolute Gasteiger partial charge is 0.508 e. The molecule has 206 valence electrons. The molecule has 1 unspecified atom stereocenters. The fraction of sp³-hybridized carbons (Fsp3) is 0.414. The first-order valence-corrected chi connectivity index (χ1v) is 14.0. The molecule has 0 bridgehead atoms. The molecule has 1 aromatic heterocycles. The zero-order valence-electron chi connectivity index (χ0n) is 22.2. The van der Waals surface area contributed by atoms with Gasteiger partial charge in [0.25, 0.3) is 0 Å². The molecule has 2 aromatic carbocycles. The molecule has 2 aliphatic rings. The van der Waals surface area contributed by atoms with Gasteiger partial charge in [0.1, 0.15) is 18.0 Å². The van der Waals surface area contributed by atoms with Crippen LogP contribution in [0.4, 0.5) is 0 Å². The first-order valence-electron chi connectivity index (χ1n) is 13.2. The average molecular weight is 551 g/mol. The van der Waals surface area contributed by atoms with Crippen molar-refractivity contribution in [2.24, 2.45) is 5.92 Å². The Balaban J connectivity index is 1.29. The van der Waals surface area contributed by atoms with E-state index in [1.54, 1.807) is 22.5 Å². The van der Waals surface area contributed by atoms with Gasteiger partial charge >= 0.3 is 0 Å². The van der Waals surface area contributed by atoms with Gasteiger partial charge < -0.3 is 25.5 Å². The van der Waals surface area contributed by atoms with Crippen LogP contribution in [0.25, 0.3) is 10.4 Å². The molecule has 5 rings (SSSR count). The highest BCUT2D eigenvalue weighted by molar-refractivity contribution is 7.13. The molecule has 0 radical (unpaired) electrons. The van der Waals surface area contributed by atoms with Crippen LogP contribution in [0.3, 0.4) is 0 Å². The molecule has 0 saturated carbocycles. The maximum absolute atomic E-state index is 13.9. The topological polar surface area (TPSA) is 126 Å². The third-order valence-electron chi connectivity index (χ3n) is 7.65. The summed E-state index contributed by atoms with van der Waals surface area (Å²) in [4.78, 5) is 35.6. The minimum Gasteiger partial charge on any atom is -0.508 e. The van der Waals surface area contributed by atoms with E-state index < -0.39 is 30.3 Å². The van der Waals surface area contributed by atoms with Gasteiger partial charge in [0, 0.05) is 31.6 Å². The quantitative estimate of drug-likeness (QED) is 0.356. The average Bonchev–Trinajstić information content (AvgIpc) is 3.60. The summed E-state index contributed by atoms with van der Waals surface area (Å²) in [6.07, 6.45) is -1.62. The highest BCUT2D eigenvalue weighted by Crippen LogP contribution is 2.36. The van der Waals surface area contributed by atoms with Crippen molar-refractivity contribution >= 4 is 23.2 Å². The molecule has 4 atom stereocenters. The van der Waals surface area contributed by atoms with Crippen LogP contribution in [0, 0.1) is 12.8 Å². The fourth-order valence-electron chi connectivity index (χ4n) is 5.66. The van der Waals surface area contributed by atoms with Crippen molar-refractivity contribution in [1.29, 1.82) is 0 Å². The normalized spacial score (nSPS) is 21.8. The lowest BCUT2D eigenvalue weighted by atomic mass is 10.00. The zero-order valence-corrected chi connectivity index (χ0v) is 23.1. The van der Waals surface area contributed by atoms with Gasteiger partial charge in [-0.3, -0.25) is 14.5 Å². The number of hydrogen-bond acceptors (Lipinski definition) is 8. The minimum absolute atomic E-state index is 0.0468. The van der Waals surface area contributed by atoms with Crippen molar-refractivity contribution in [3.63, 3.8) is 0 Å². The van der Waals surface area contributed by atoms with Crippen molar-refractivity contribution in [1.82, 2.24) is 20.1 Å². The van der Waals surface area contributed by atoms with Crippen LogP contribution in [0.15, 0.2) is 48.0 Å². The predicted molar refractivity (Wildman–Crippen MR) is 147 cm³/mol. The predicted octanol–water partition coefficient (Wildman–Crippen LogP) is 2.93. The lowest BCUT2D eigenvalue weighted by molar-refractivity contribution is -0.149. The molecule has 2 amide bonds. The number of β-amino-alcohol motifs (C(OH)–C–C–N with tert-alkyl or cyclic N) is 1. The Labute approximate surface area is 231 Å². The second kappa shape index (κ2) is 11.1. The second-order valence-corrected chi connectivity index (χ2v) is 11.5. The summed E-state index contributed by atoms with van der Waals surface area (Å²) in [7, 11) is 0. The van der Waals surface area contributed by atoms with Gasteiger partial charge in [-0.25, -0.2) is 4.98 Å². The van der Waals surface area contributed by atoms with Crippen LogP contribution in [0.2, 0.25) is 0 Å². The number of fused-ring (bicyclic) bond motifs is 1. The number of likely N-dealkylation sites (tertiary alicyclic amines) is 1. The molecule has 3 heterocycles. The van der Waals surface area contributed by atoms with E-state index in [0.29, 0.717) is 12.1 Å². The van der Waals surface area contributed by atoms with Crippen LogP contribution < -0.4 is 5.32 Å². The number of aliphatic hydroxyl groups excluding tert-OH is 2. The van der Waals surface area contributed by atoms with E-state index >= 15 is 0 Å². The van der Waals surface area contributed by atoms with Crippen LogP contribution in [-0.4, -0.2) is 66.7 Å². The number of hydrogen-bond donors (Lipinski definition) is 4. The molecule has 4 N–H and O–H groups in total.